The standard InChI is InChI=1S/C14H23N3O3S/c1-5-17-12(8-11(16-17)9(2)3)13(18)15-10(14(19)20)6-7-21-4/h8-10H,5-7H2,1-4H3,(H,15,18)(H,19,20)/t10-/m1/s1. The lowest BCUT2D eigenvalue weighted by Crippen LogP contribution is -2.41. The Labute approximate surface area is 129 Å². The number of thioether (sulfide) groups is 1. The van der Waals surface area contributed by atoms with Crippen molar-refractivity contribution in [2.45, 2.75) is 45.7 Å². The van der Waals surface area contributed by atoms with Gasteiger partial charge in [0.2, 0.25) is 0 Å². The van der Waals surface area contributed by atoms with Crippen LogP contribution in [0.25, 0.3) is 0 Å². The number of carboxylic acid groups (broad SMARTS) is 1. The minimum atomic E-state index is -1.01. The molecule has 1 aromatic heterocycles. The monoisotopic (exact) mass is 313 g/mol. The number of aryl methyl sites for hydroxylation is 1. The van der Waals surface area contributed by atoms with E-state index in [1.807, 2.05) is 27.0 Å². The van der Waals surface area contributed by atoms with Gasteiger partial charge in [-0.05, 0) is 37.3 Å². The van der Waals surface area contributed by atoms with Crippen molar-refractivity contribution >= 4 is 23.6 Å². The summed E-state index contributed by atoms with van der Waals surface area (Å²) in [6, 6.07) is 0.865. The average Bonchev–Trinajstić information content (AvgIpc) is 2.87. The minimum Gasteiger partial charge on any atom is -0.480 e. The lowest BCUT2D eigenvalue weighted by molar-refractivity contribution is -0.139. The number of aliphatic carboxylic acids is 1. The summed E-state index contributed by atoms with van der Waals surface area (Å²) in [5.74, 6) is -0.494. The summed E-state index contributed by atoms with van der Waals surface area (Å²) in [4.78, 5) is 23.5. The molecule has 1 atom stereocenters. The van der Waals surface area contributed by atoms with Gasteiger partial charge in [0.1, 0.15) is 11.7 Å². The van der Waals surface area contributed by atoms with E-state index in [9.17, 15) is 9.59 Å². The van der Waals surface area contributed by atoms with Crippen LogP contribution in [0.3, 0.4) is 0 Å². The molecule has 0 aliphatic rings. The van der Waals surface area contributed by atoms with E-state index in [2.05, 4.69) is 10.4 Å². The summed E-state index contributed by atoms with van der Waals surface area (Å²) in [5.41, 5.74) is 1.24. The van der Waals surface area contributed by atoms with Crippen LogP contribution in [0.1, 0.15) is 49.3 Å². The lowest BCUT2D eigenvalue weighted by Gasteiger charge is -2.14. The van der Waals surface area contributed by atoms with Crippen molar-refractivity contribution in [1.29, 1.82) is 0 Å². The zero-order valence-corrected chi connectivity index (χ0v) is 13.7. The van der Waals surface area contributed by atoms with Gasteiger partial charge in [0, 0.05) is 6.54 Å². The van der Waals surface area contributed by atoms with Gasteiger partial charge in [0.05, 0.1) is 5.69 Å². The van der Waals surface area contributed by atoms with Crippen LogP contribution in [0.5, 0.6) is 0 Å². The van der Waals surface area contributed by atoms with Crippen molar-refractivity contribution in [1.82, 2.24) is 15.1 Å². The Kier molecular flexibility index (Phi) is 6.74. The van der Waals surface area contributed by atoms with E-state index >= 15 is 0 Å². The third-order valence-corrected chi connectivity index (χ3v) is 3.78. The summed E-state index contributed by atoms with van der Waals surface area (Å²) in [6.07, 6.45) is 2.31. The first-order chi connectivity index (χ1) is 9.90. The van der Waals surface area contributed by atoms with Crippen LogP contribution in [0.4, 0.5) is 0 Å². The van der Waals surface area contributed by atoms with Crippen LogP contribution >= 0.6 is 11.8 Å². The fraction of sp³-hybridized carbons (Fsp3) is 0.643. The second kappa shape index (κ2) is 8.07. The number of carbonyl (C=O) groups is 2. The summed E-state index contributed by atoms with van der Waals surface area (Å²) in [5, 5.41) is 16.1. The number of hydrogen-bond acceptors (Lipinski definition) is 4. The molecule has 7 heteroatoms. The number of hydrogen-bond donors (Lipinski definition) is 2. The predicted octanol–water partition coefficient (Wildman–Crippen LogP) is 1.96. The summed E-state index contributed by atoms with van der Waals surface area (Å²) in [7, 11) is 0. The highest BCUT2D eigenvalue weighted by Crippen LogP contribution is 2.15. The molecule has 0 aliphatic carbocycles. The molecule has 1 aromatic rings. The van der Waals surface area contributed by atoms with Crippen LogP contribution < -0.4 is 5.32 Å². The average molecular weight is 313 g/mol. The van der Waals surface area contributed by atoms with E-state index < -0.39 is 12.0 Å². The van der Waals surface area contributed by atoms with Crippen molar-refractivity contribution in [3.63, 3.8) is 0 Å². The van der Waals surface area contributed by atoms with Crippen molar-refractivity contribution in [3.8, 4) is 0 Å². The van der Waals surface area contributed by atoms with E-state index in [0.29, 0.717) is 24.4 Å². The third kappa shape index (κ3) is 4.77. The molecule has 0 aromatic carbocycles. The number of nitrogens with one attached hydrogen (secondary N) is 1. The van der Waals surface area contributed by atoms with E-state index in [1.54, 1.807) is 22.5 Å². The second-order valence-electron chi connectivity index (χ2n) is 5.07. The molecule has 6 nitrogen and oxygen atoms in total. The van der Waals surface area contributed by atoms with Gasteiger partial charge < -0.3 is 10.4 Å². The molecular formula is C14H23N3O3S. The zero-order valence-electron chi connectivity index (χ0n) is 12.9. The van der Waals surface area contributed by atoms with Crippen molar-refractivity contribution in [2.75, 3.05) is 12.0 Å². The number of carboxylic acids is 1. The van der Waals surface area contributed by atoms with Crippen molar-refractivity contribution in [3.05, 3.63) is 17.5 Å². The Morgan fingerprint density at radius 1 is 1.48 bits per heavy atom. The van der Waals surface area contributed by atoms with Crippen molar-refractivity contribution < 1.29 is 14.7 Å². The maximum atomic E-state index is 12.3. The van der Waals surface area contributed by atoms with Crippen LogP contribution in [0.2, 0.25) is 0 Å². The van der Waals surface area contributed by atoms with E-state index in [1.165, 1.54) is 0 Å². The van der Waals surface area contributed by atoms with Gasteiger partial charge in [0.15, 0.2) is 0 Å². The molecule has 0 fully saturated rings. The summed E-state index contributed by atoms with van der Waals surface area (Å²) < 4.78 is 1.61. The quantitative estimate of drug-likeness (QED) is 0.766. The van der Waals surface area contributed by atoms with E-state index in [-0.39, 0.29) is 11.8 Å². The van der Waals surface area contributed by atoms with Gasteiger partial charge in [-0.25, -0.2) is 4.79 Å². The van der Waals surface area contributed by atoms with Crippen LogP contribution in [0.15, 0.2) is 6.07 Å². The van der Waals surface area contributed by atoms with Gasteiger partial charge in [0.25, 0.3) is 5.91 Å². The molecule has 1 heterocycles. The van der Waals surface area contributed by atoms with Gasteiger partial charge in [-0.3, -0.25) is 9.48 Å². The molecule has 0 aliphatic heterocycles. The van der Waals surface area contributed by atoms with Gasteiger partial charge >= 0.3 is 5.97 Å². The number of carbonyl (C=O) groups excluding carboxylic acids is 1. The first-order valence-electron chi connectivity index (χ1n) is 7.01. The molecule has 1 rings (SSSR count). The number of rotatable bonds is 8. The largest absolute Gasteiger partial charge is 0.480 e. The Morgan fingerprint density at radius 2 is 2.14 bits per heavy atom. The zero-order chi connectivity index (χ0) is 16.0. The van der Waals surface area contributed by atoms with Crippen LogP contribution in [0, 0.1) is 0 Å². The number of aromatic nitrogens is 2. The van der Waals surface area contributed by atoms with Crippen LogP contribution in [-0.2, 0) is 11.3 Å². The van der Waals surface area contributed by atoms with E-state index in [0.717, 1.165) is 5.69 Å². The Hall–Kier alpha value is -1.50. The molecule has 0 saturated carbocycles. The minimum absolute atomic E-state index is 0.219. The highest BCUT2D eigenvalue weighted by Gasteiger charge is 2.23. The Morgan fingerprint density at radius 3 is 2.62 bits per heavy atom. The molecular weight excluding hydrogens is 290 g/mol. The highest BCUT2D eigenvalue weighted by atomic mass is 32.2. The molecule has 118 valence electrons. The number of nitrogens with zero attached hydrogens (tertiary/aromatic N) is 2. The van der Waals surface area contributed by atoms with Gasteiger partial charge in [-0.15, -0.1) is 0 Å². The van der Waals surface area contributed by atoms with Gasteiger partial charge in [-0.2, -0.15) is 16.9 Å². The molecule has 0 spiro atoms. The molecule has 0 unspecified atom stereocenters. The maximum Gasteiger partial charge on any atom is 0.326 e. The number of amides is 1. The highest BCUT2D eigenvalue weighted by molar-refractivity contribution is 7.98. The van der Waals surface area contributed by atoms with Gasteiger partial charge in [-0.1, -0.05) is 13.8 Å². The maximum absolute atomic E-state index is 12.3. The molecule has 0 bridgehead atoms. The van der Waals surface area contributed by atoms with Crippen molar-refractivity contribution in [2.24, 2.45) is 0 Å². The molecule has 0 radical (unpaired) electrons. The SMILES string of the molecule is CCn1nc(C(C)C)cc1C(=O)N[C@H](CCSC)C(=O)O. The normalized spacial score (nSPS) is 12.4. The second-order valence-corrected chi connectivity index (χ2v) is 6.06. The predicted molar refractivity (Wildman–Crippen MR) is 83.9 cm³/mol. The van der Waals surface area contributed by atoms with Crippen LogP contribution in [-0.4, -0.2) is 44.8 Å². The molecule has 0 saturated heterocycles. The first-order valence-corrected chi connectivity index (χ1v) is 8.40. The summed E-state index contributed by atoms with van der Waals surface area (Å²) >= 11 is 1.55. The fourth-order valence-corrected chi connectivity index (χ4v) is 2.34. The Bertz CT molecular complexity index is 500. The molecule has 21 heavy (non-hydrogen) atoms. The molecule has 2 N–H and O–H groups in total. The summed E-state index contributed by atoms with van der Waals surface area (Å²) in [6.45, 7) is 6.47. The Balaban J connectivity index is 2.88. The topological polar surface area (TPSA) is 84.2 Å². The fourth-order valence-electron chi connectivity index (χ4n) is 1.87. The third-order valence-electron chi connectivity index (χ3n) is 3.14. The van der Waals surface area contributed by atoms with E-state index in [4.69, 9.17) is 5.11 Å². The smallest absolute Gasteiger partial charge is 0.326 e. The molecule has 1 amide bonds. The first kappa shape index (κ1) is 17.6. The lowest BCUT2D eigenvalue weighted by atomic mass is 10.1.